The number of halogens is 1. The lowest BCUT2D eigenvalue weighted by Gasteiger charge is -2.16. The molecule has 0 saturated heterocycles. The van der Waals surface area contributed by atoms with Gasteiger partial charge in [-0.15, -0.1) is 0 Å². The van der Waals surface area contributed by atoms with Crippen LogP contribution in [0.5, 0.6) is 5.75 Å². The summed E-state index contributed by atoms with van der Waals surface area (Å²) in [5, 5.41) is 13.1. The third-order valence-electron chi connectivity index (χ3n) is 4.06. The molecule has 2 heterocycles. The lowest BCUT2D eigenvalue weighted by molar-refractivity contribution is 0.159. The molecule has 0 atom stereocenters. The zero-order valence-corrected chi connectivity index (χ0v) is 17.9. The Morgan fingerprint density at radius 3 is 2.84 bits per heavy atom. The quantitative estimate of drug-likeness (QED) is 0.598. The summed E-state index contributed by atoms with van der Waals surface area (Å²) in [6.07, 6.45) is 0.908. The van der Waals surface area contributed by atoms with Crippen LogP contribution in [0.4, 0.5) is 19.1 Å². The van der Waals surface area contributed by atoms with E-state index in [-0.39, 0.29) is 24.0 Å². The van der Waals surface area contributed by atoms with Gasteiger partial charge in [-0.05, 0) is 31.5 Å². The minimum atomic E-state index is -0.601. The molecule has 2 N–H and O–H groups in total. The van der Waals surface area contributed by atoms with Gasteiger partial charge in [0.15, 0.2) is 11.6 Å². The second-order valence-electron chi connectivity index (χ2n) is 6.62. The molecular formula is C19H20FN7O3S. The van der Waals surface area contributed by atoms with Crippen molar-refractivity contribution >= 4 is 28.8 Å². The van der Waals surface area contributed by atoms with Crippen molar-refractivity contribution in [2.45, 2.75) is 26.9 Å². The van der Waals surface area contributed by atoms with E-state index in [4.69, 9.17) is 4.74 Å². The van der Waals surface area contributed by atoms with Crippen molar-refractivity contribution in [2.75, 3.05) is 12.4 Å². The monoisotopic (exact) mass is 445 g/mol. The summed E-state index contributed by atoms with van der Waals surface area (Å²) in [6.45, 7) is 3.70. The van der Waals surface area contributed by atoms with Gasteiger partial charge in [0.25, 0.3) is 0 Å². The molecule has 0 radical (unpaired) electrons. The van der Waals surface area contributed by atoms with Crippen LogP contribution < -0.4 is 15.4 Å². The minimum absolute atomic E-state index is 0.0819. The minimum Gasteiger partial charge on any atom is -0.408 e. The molecule has 0 unspecified atom stereocenters. The number of carbonyl (C=O) groups excluding carboxylic acids is 2. The first-order valence-electron chi connectivity index (χ1n) is 9.15. The molecule has 0 fully saturated rings. The first kappa shape index (κ1) is 22.0. The SMILES string of the molecule is Cc1cnnc(C)c1OC(=O)N(C)Cc1nsc(NC(=O)NCc2cccc(F)c2)n1. The molecule has 162 valence electrons. The van der Waals surface area contributed by atoms with Crippen LogP contribution in [-0.2, 0) is 13.1 Å². The molecule has 0 saturated carbocycles. The lowest BCUT2D eigenvalue weighted by atomic mass is 10.2. The van der Waals surface area contributed by atoms with E-state index in [1.807, 2.05) is 0 Å². The highest BCUT2D eigenvalue weighted by molar-refractivity contribution is 7.09. The second kappa shape index (κ2) is 9.89. The van der Waals surface area contributed by atoms with Gasteiger partial charge in [0.05, 0.1) is 12.7 Å². The number of anilines is 1. The van der Waals surface area contributed by atoms with Crippen molar-refractivity contribution in [1.82, 2.24) is 29.8 Å². The summed E-state index contributed by atoms with van der Waals surface area (Å²) in [5.41, 5.74) is 1.82. The summed E-state index contributed by atoms with van der Waals surface area (Å²) >= 11 is 0.974. The molecule has 0 aliphatic rings. The molecule has 31 heavy (non-hydrogen) atoms. The van der Waals surface area contributed by atoms with Gasteiger partial charge in [-0.25, -0.2) is 19.0 Å². The number of aryl methyl sites for hydroxylation is 2. The molecule has 3 rings (SSSR count). The highest BCUT2D eigenvalue weighted by Crippen LogP contribution is 2.20. The van der Waals surface area contributed by atoms with Crippen molar-refractivity contribution in [1.29, 1.82) is 0 Å². The van der Waals surface area contributed by atoms with Gasteiger partial charge >= 0.3 is 12.1 Å². The molecule has 12 heteroatoms. The highest BCUT2D eigenvalue weighted by Gasteiger charge is 2.18. The van der Waals surface area contributed by atoms with Gasteiger partial charge in [-0.1, -0.05) is 12.1 Å². The third kappa shape index (κ3) is 6.15. The Morgan fingerprint density at radius 2 is 2.10 bits per heavy atom. The normalized spacial score (nSPS) is 10.5. The van der Waals surface area contributed by atoms with Crippen LogP contribution in [0.1, 0.15) is 22.6 Å². The zero-order valence-electron chi connectivity index (χ0n) is 17.0. The number of nitrogens with one attached hydrogen (secondary N) is 2. The van der Waals surface area contributed by atoms with E-state index >= 15 is 0 Å². The Hall–Kier alpha value is -3.67. The van der Waals surface area contributed by atoms with Gasteiger partial charge in [0, 0.05) is 30.7 Å². The van der Waals surface area contributed by atoms with Crippen LogP contribution in [0.15, 0.2) is 30.5 Å². The average molecular weight is 445 g/mol. The topological polar surface area (TPSA) is 122 Å². The highest BCUT2D eigenvalue weighted by atomic mass is 32.1. The second-order valence-corrected chi connectivity index (χ2v) is 7.37. The van der Waals surface area contributed by atoms with E-state index in [2.05, 4.69) is 30.2 Å². The Balaban J connectivity index is 1.50. The summed E-state index contributed by atoms with van der Waals surface area (Å²) in [7, 11) is 1.54. The third-order valence-corrected chi connectivity index (χ3v) is 4.72. The van der Waals surface area contributed by atoms with E-state index in [1.165, 1.54) is 23.2 Å². The number of hydrogen-bond acceptors (Lipinski definition) is 8. The largest absolute Gasteiger partial charge is 0.415 e. The van der Waals surface area contributed by atoms with Gasteiger partial charge in [-0.2, -0.15) is 14.6 Å². The fraction of sp³-hybridized carbons (Fsp3) is 0.263. The number of urea groups is 1. The maximum atomic E-state index is 13.2. The Morgan fingerprint density at radius 1 is 1.29 bits per heavy atom. The van der Waals surface area contributed by atoms with Crippen molar-refractivity contribution < 1.29 is 18.7 Å². The zero-order chi connectivity index (χ0) is 22.4. The Kier molecular flexibility index (Phi) is 7.03. The molecule has 0 aliphatic heterocycles. The van der Waals surface area contributed by atoms with Crippen molar-refractivity contribution in [2.24, 2.45) is 0 Å². The van der Waals surface area contributed by atoms with Crippen molar-refractivity contribution in [3.8, 4) is 5.75 Å². The number of hydrogen-bond donors (Lipinski definition) is 2. The van der Waals surface area contributed by atoms with Gasteiger partial charge in [0.1, 0.15) is 11.5 Å². The standard InChI is InChI=1S/C19H20FN7O3S/c1-11-8-22-25-12(2)16(11)30-19(29)27(3)10-15-23-18(31-26-15)24-17(28)21-9-13-5-4-6-14(20)7-13/h4-8H,9-10H2,1-3H3,(H2,21,23,24,26,28). The Bertz CT molecular complexity index is 1070. The molecule has 2 aromatic heterocycles. The van der Waals surface area contributed by atoms with Crippen LogP contribution >= 0.6 is 11.5 Å². The summed E-state index contributed by atoms with van der Waals surface area (Å²) in [5.74, 6) is 0.322. The number of benzene rings is 1. The first-order chi connectivity index (χ1) is 14.8. The predicted octanol–water partition coefficient (Wildman–Crippen LogP) is 3.04. The van der Waals surface area contributed by atoms with Crippen LogP contribution in [0.25, 0.3) is 0 Å². The first-order valence-corrected chi connectivity index (χ1v) is 9.93. The van der Waals surface area contributed by atoms with Crippen LogP contribution in [0, 0.1) is 19.7 Å². The van der Waals surface area contributed by atoms with Gasteiger partial charge in [0.2, 0.25) is 5.13 Å². The molecule has 3 amide bonds. The van der Waals surface area contributed by atoms with Gasteiger partial charge in [-0.3, -0.25) is 5.32 Å². The van der Waals surface area contributed by atoms with E-state index in [0.717, 1.165) is 11.5 Å². The fourth-order valence-corrected chi connectivity index (χ4v) is 3.10. The molecule has 1 aromatic carbocycles. The Labute approximate surface area is 181 Å². The summed E-state index contributed by atoms with van der Waals surface area (Å²) in [6, 6.07) is 5.43. The molecule has 0 bridgehead atoms. The van der Waals surface area contributed by atoms with Crippen LogP contribution in [0.3, 0.4) is 0 Å². The molecular weight excluding hydrogens is 425 g/mol. The van der Waals surface area contributed by atoms with E-state index < -0.39 is 12.1 Å². The molecule has 10 nitrogen and oxygen atoms in total. The van der Waals surface area contributed by atoms with Gasteiger partial charge < -0.3 is 15.0 Å². The number of nitrogens with zero attached hydrogens (tertiary/aromatic N) is 5. The maximum Gasteiger partial charge on any atom is 0.415 e. The van der Waals surface area contributed by atoms with Crippen molar-refractivity contribution in [3.63, 3.8) is 0 Å². The van der Waals surface area contributed by atoms with Crippen LogP contribution in [0.2, 0.25) is 0 Å². The van der Waals surface area contributed by atoms with Crippen LogP contribution in [-0.4, -0.2) is 43.6 Å². The molecule has 0 aliphatic carbocycles. The molecule has 3 aromatic rings. The average Bonchev–Trinajstić information content (AvgIpc) is 3.15. The van der Waals surface area contributed by atoms with E-state index in [0.29, 0.717) is 28.4 Å². The summed E-state index contributed by atoms with van der Waals surface area (Å²) < 4.78 is 22.7. The maximum absolute atomic E-state index is 13.2. The van der Waals surface area contributed by atoms with E-state index in [9.17, 15) is 14.0 Å². The molecule has 0 spiro atoms. The predicted molar refractivity (Wildman–Crippen MR) is 111 cm³/mol. The van der Waals surface area contributed by atoms with Crippen molar-refractivity contribution in [3.05, 3.63) is 58.9 Å². The number of rotatable bonds is 6. The van der Waals surface area contributed by atoms with E-state index in [1.54, 1.807) is 33.0 Å². The fourth-order valence-electron chi connectivity index (χ4n) is 2.53. The number of amides is 3. The number of aromatic nitrogens is 4. The summed E-state index contributed by atoms with van der Waals surface area (Å²) in [4.78, 5) is 29.8. The number of carbonyl (C=O) groups is 2. The lowest BCUT2D eigenvalue weighted by Crippen LogP contribution is -2.30. The number of ether oxygens (including phenoxy) is 1. The smallest absolute Gasteiger partial charge is 0.408 e.